The Morgan fingerprint density at radius 3 is 2.22 bits per heavy atom. The first-order valence-electron chi connectivity index (χ1n) is 11.2. The zero-order chi connectivity index (χ0) is 26.3. The third kappa shape index (κ3) is 4.01. The van der Waals surface area contributed by atoms with Gasteiger partial charge in [0.15, 0.2) is 46.5 Å². The number of methoxy groups -OCH3 is 3. The molecule has 2 heterocycles. The van der Waals surface area contributed by atoms with E-state index in [2.05, 4.69) is 0 Å². The van der Waals surface area contributed by atoms with Gasteiger partial charge in [0.25, 0.3) is 0 Å². The molecule has 0 spiro atoms. The maximum Gasteiger partial charge on any atom is 0.205 e. The Kier molecular flexibility index (Phi) is 6.18. The van der Waals surface area contributed by atoms with Crippen LogP contribution >= 0.6 is 0 Å². The first-order chi connectivity index (χ1) is 17.9. The second kappa shape index (κ2) is 9.47. The van der Waals surface area contributed by atoms with Crippen LogP contribution in [0.2, 0.25) is 0 Å². The van der Waals surface area contributed by atoms with Crippen LogP contribution < -0.4 is 29.1 Å². The molecule has 1 aromatic heterocycles. The van der Waals surface area contributed by atoms with E-state index in [1.807, 2.05) is 0 Å². The van der Waals surface area contributed by atoms with E-state index >= 15 is 0 Å². The maximum absolute atomic E-state index is 13.3. The molecule has 0 amide bonds. The molecule has 0 aliphatic carbocycles. The van der Waals surface area contributed by atoms with E-state index in [1.54, 1.807) is 36.4 Å². The summed E-state index contributed by atoms with van der Waals surface area (Å²) in [6, 6.07) is 10.9. The molecule has 192 valence electrons. The fourth-order valence-electron chi connectivity index (χ4n) is 4.34. The highest BCUT2D eigenvalue weighted by Crippen LogP contribution is 2.46. The lowest BCUT2D eigenvalue weighted by molar-refractivity contribution is -0.0119. The molecule has 0 saturated heterocycles. The maximum atomic E-state index is 13.3. The zero-order valence-electron chi connectivity index (χ0n) is 20.2. The third-order valence-corrected chi connectivity index (χ3v) is 6.22. The van der Waals surface area contributed by atoms with Crippen molar-refractivity contribution in [1.29, 1.82) is 0 Å². The monoisotopic (exact) mass is 508 g/mol. The van der Waals surface area contributed by atoms with E-state index in [0.29, 0.717) is 16.9 Å². The summed E-state index contributed by atoms with van der Waals surface area (Å²) >= 11 is 0. The Hall–Kier alpha value is -4.57. The molecule has 4 aromatic rings. The largest absolute Gasteiger partial charge is 0.504 e. The molecular formula is C27H24O10. The summed E-state index contributed by atoms with van der Waals surface area (Å²) in [4.78, 5) is 13.3. The van der Waals surface area contributed by atoms with Gasteiger partial charge in [-0.25, -0.2) is 0 Å². The van der Waals surface area contributed by atoms with Crippen molar-refractivity contribution in [2.24, 2.45) is 0 Å². The summed E-state index contributed by atoms with van der Waals surface area (Å²) in [5.41, 5.74) is 1.04. The average molecular weight is 508 g/mol. The number of hydrogen-bond acceptors (Lipinski definition) is 10. The molecule has 2 unspecified atom stereocenters. The zero-order valence-corrected chi connectivity index (χ0v) is 20.2. The second-order valence-electron chi connectivity index (χ2n) is 8.29. The summed E-state index contributed by atoms with van der Waals surface area (Å²) in [7, 11) is 4.25. The van der Waals surface area contributed by atoms with Crippen LogP contribution in [-0.4, -0.2) is 49.4 Å². The number of hydrogen-bond donors (Lipinski definition) is 3. The summed E-state index contributed by atoms with van der Waals surface area (Å²) < 4.78 is 33.6. The van der Waals surface area contributed by atoms with Crippen molar-refractivity contribution in [3.8, 4) is 51.4 Å². The van der Waals surface area contributed by atoms with Crippen LogP contribution in [-0.2, 0) is 0 Å². The number of phenols is 2. The lowest BCUT2D eigenvalue weighted by Crippen LogP contribution is -2.36. The Morgan fingerprint density at radius 1 is 0.892 bits per heavy atom. The topological polar surface area (TPSA) is 137 Å². The highest BCUT2D eigenvalue weighted by Gasteiger charge is 2.36. The van der Waals surface area contributed by atoms with E-state index in [1.165, 1.54) is 33.7 Å². The van der Waals surface area contributed by atoms with Gasteiger partial charge in [-0.15, -0.1) is 0 Å². The normalized spacial score (nSPS) is 16.4. The standard InChI is InChI=1S/C27H24O10/c1-32-18-6-4-13(8-17(18)29)16-12-35-26-15(23(16)30)5-7-19-27(26)37-22(11-28)25(36-19)14-9-20(33-2)24(31)21(10-14)34-3/h4-10,12,22,25,28-29,31H,11H2,1-3H3. The predicted octanol–water partition coefficient (Wildman–Crippen LogP) is 3.77. The minimum absolute atomic E-state index is 0.110. The summed E-state index contributed by atoms with van der Waals surface area (Å²) in [5, 5.41) is 30.7. The Balaban J connectivity index is 1.57. The van der Waals surface area contributed by atoms with Crippen LogP contribution in [0.25, 0.3) is 22.1 Å². The van der Waals surface area contributed by atoms with Crippen molar-refractivity contribution in [2.45, 2.75) is 12.2 Å². The van der Waals surface area contributed by atoms with Gasteiger partial charge in [0, 0.05) is 5.56 Å². The van der Waals surface area contributed by atoms with Crippen molar-refractivity contribution in [2.75, 3.05) is 27.9 Å². The van der Waals surface area contributed by atoms with Gasteiger partial charge in [-0.2, -0.15) is 0 Å². The summed E-state index contributed by atoms with van der Waals surface area (Å²) in [5.74, 6) is 0.810. The first-order valence-corrected chi connectivity index (χ1v) is 11.2. The van der Waals surface area contributed by atoms with Crippen LogP contribution in [0.1, 0.15) is 11.7 Å². The van der Waals surface area contributed by atoms with Crippen LogP contribution in [0.5, 0.6) is 40.2 Å². The average Bonchev–Trinajstić information content (AvgIpc) is 2.92. The van der Waals surface area contributed by atoms with Crippen molar-refractivity contribution in [3.05, 3.63) is 64.5 Å². The number of aliphatic hydroxyl groups is 1. The highest BCUT2D eigenvalue weighted by atomic mass is 16.6. The first kappa shape index (κ1) is 24.1. The van der Waals surface area contributed by atoms with E-state index in [4.69, 9.17) is 28.1 Å². The van der Waals surface area contributed by atoms with Gasteiger partial charge in [0.1, 0.15) is 6.26 Å². The fraction of sp³-hybridized carbons (Fsp3) is 0.222. The van der Waals surface area contributed by atoms with Crippen LogP contribution in [0.15, 0.2) is 57.9 Å². The second-order valence-corrected chi connectivity index (χ2v) is 8.29. The van der Waals surface area contributed by atoms with Crippen LogP contribution in [0.4, 0.5) is 0 Å². The minimum atomic E-state index is -0.874. The van der Waals surface area contributed by atoms with Gasteiger partial charge in [0.05, 0.1) is 38.9 Å². The molecule has 1 aliphatic heterocycles. The SMILES string of the molecule is COc1ccc(-c2coc3c4c(ccc3c2=O)OC(c2cc(OC)c(O)c(OC)c2)C(CO)O4)cc1O. The molecule has 2 atom stereocenters. The van der Waals surface area contributed by atoms with E-state index in [-0.39, 0.29) is 56.5 Å². The van der Waals surface area contributed by atoms with Gasteiger partial charge in [-0.1, -0.05) is 6.07 Å². The smallest absolute Gasteiger partial charge is 0.205 e. The van der Waals surface area contributed by atoms with Gasteiger partial charge in [-0.3, -0.25) is 4.79 Å². The van der Waals surface area contributed by atoms with Crippen LogP contribution in [0, 0.1) is 0 Å². The molecule has 10 heteroatoms. The molecule has 0 radical (unpaired) electrons. The lowest BCUT2D eigenvalue weighted by atomic mass is 10.0. The molecule has 5 rings (SSSR count). The van der Waals surface area contributed by atoms with Gasteiger partial charge >= 0.3 is 0 Å². The predicted molar refractivity (Wildman–Crippen MR) is 132 cm³/mol. The van der Waals surface area contributed by atoms with Crippen molar-refractivity contribution in [3.63, 3.8) is 0 Å². The molecule has 0 fully saturated rings. The number of ether oxygens (including phenoxy) is 5. The van der Waals surface area contributed by atoms with Crippen LogP contribution in [0.3, 0.4) is 0 Å². The number of aliphatic hydroxyl groups excluding tert-OH is 1. The van der Waals surface area contributed by atoms with E-state index in [9.17, 15) is 20.1 Å². The highest BCUT2D eigenvalue weighted by molar-refractivity contribution is 5.88. The molecule has 0 saturated carbocycles. The molecule has 37 heavy (non-hydrogen) atoms. The van der Waals surface area contributed by atoms with Crippen molar-refractivity contribution >= 4 is 11.0 Å². The lowest BCUT2D eigenvalue weighted by Gasteiger charge is -2.33. The number of fused-ring (bicyclic) bond motifs is 3. The van der Waals surface area contributed by atoms with Gasteiger partial charge in [-0.05, 0) is 42.0 Å². The molecule has 10 nitrogen and oxygen atoms in total. The molecule has 0 bridgehead atoms. The number of aromatic hydroxyl groups is 2. The Labute approximate surface area is 210 Å². The number of benzene rings is 3. The number of phenolic OH excluding ortho intramolecular Hbond substituents is 2. The summed E-state index contributed by atoms with van der Waals surface area (Å²) in [6.07, 6.45) is -0.377. The number of rotatable bonds is 6. The molecule has 3 N–H and O–H groups in total. The fourth-order valence-corrected chi connectivity index (χ4v) is 4.34. The Bertz CT molecular complexity index is 1520. The third-order valence-electron chi connectivity index (χ3n) is 6.22. The summed E-state index contributed by atoms with van der Waals surface area (Å²) in [6.45, 7) is -0.417. The van der Waals surface area contributed by atoms with Crippen molar-refractivity contribution < 1.29 is 43.4 Å². The Morgan fingerprint density at radius 2 is 1.59 bits per heavy atom. The molecular weight excluding hydrogens is 484 g/mol. The minimum Gasteiger partial charge on any atom is -0.504 e. The van der Waals surface area contributed by atoms with Gasteiger partial charge < -0.3 is 43.4 Å². The van der Waals surface area contributed by atoms with Gasteiger partial charge in [0.2, 0.25) is 16.9 Å². The molecule has 1 aliphatic rings. The quantitative estimate of drug-likeness (QED) is 0.353. The van der Waals surface area contributed by atoms with E-state index < -0.39 is 18.8 Å². The van der Waals surface area contributed by atoms with Crippen molar-refractivity contribution in [1.82, 2.24) is 0 Å². The molecule has 3 aromatic carbocycles. The van der Waals surface area contributed by atoms with E-state index in [0.717, 1.165) is 0 Å².